The molecule has 0 fully saturated rings. The van der Waals surface area contributed by atoms with E-state index in [1.54, 1.807) is 13.8 Å². The summed E-state index contributed by atoms with van der Waals surface area (Å²) in [5.41, 5.74) is 8.86. The Hall–Kier alpha value is -2.76. The maximum Gasteiger partial charge on any atom is 0.276 e. The molecule has 0 aliphatic carbocycles. The predicted molar refractivity (Wildman–Crippen MR) is 83.9 cm³/mol. The number of anilines is 1. The number of hydrogen-bond donors (Lipinski definition) is 2. The van der Waals surface area contributed by atoms with Crippen LogP contribution >= 0.6 is 0 Å². The fourth-order valence-corrected chi connectivity index (χ4v) is 1.99. The van der Waals surface area contributed by atoms with Crippen LogP contribution in [0.3, 0.4) is 0 Å². The van der Waals surface area contributed by atoms with Crippen LogP contribution in [0.5, 0.6) is 0 Å². The number of nitrogens with zero attached hydrogens (tertiary/aromatic N) is 2. The van der Waals surface area contributed by atoms with Gasteiger partial charge in [-0.3, -0.25) is 9.59 Å². The summed E-state index contributed by atoms with van der Waals surface area (Å²) < 4.78 is 0. The number of hydrogen-bond acceptors (Lipinski definition) is 4. The molecule has 1 aromatic heterocycles. The zero-order valence-electron chi connectivity index (χ0n) is 13.0. The van der Waals surface area contributed by atoms with Crippen LogP contribution in [0.15, 0.2) is 18.2 Å². The van der Waals surface area contributed by atoms with Gasteiger partial charge in [0.1, 0.15) is 0 Å². The number of rotatable bonds is 3. The molecule has 2 aromatic rings. The van der Waals surface area contributed by atoms with Crippen molar-refractivity contribution in [2.45, 2.75) is 27.7 Å². The minimum Gasteiger partial charge on any atom is -0.364 e. The lowest BCUT2D eigenvalue weighted by molar-refractivity contribution is 0.0969. The predicted octanol–water partition coefficient (Wildman–Crippen LogP) is 2.06. The normalized spacial score (nSPS) is 10.4. The van der Waals surface area contributed by atoms with Crippen molar-refractivity contribution in [3.05, 3.63) is 52.1 Å². The molecule has 0 aliphatic rings. The van der Waals surface area contributed by atoms with E-state index >= 15 is 0 Å². The standard InChI is InChI=1S/C16H18N4O2/c1-8-5-6-9(2)12(7-8)20-16(22)14-13(15(17)21)18-10(3)11(4)19-14/h5-7H,1-4H3,(H2,17,21)(H,20,22). The molecule has 0 bridgehead atoms. The van der Waals surface area contributed by atoms with Crippen molar-refractivity contribution in [2.24, 2.45) is 5.73 Å². The first-order valence-electron chi connectivity index (χ1n) is 6.83. The summed E-state index contributed by atoms with van der Waals surface area (Å²) in [5, 5.41) is 2.76. The molecule has 2 amide bonds. The molecule has 0 unspecified atom stereocenters. The van der Waals surface area contributed by atoms with Crippen LogP contribution < -0.4 is 11.1 Å². The Morgan fingerprint density at radius 1 is 1.00 bits per heavy atom. The Morgan fingerprint density at radius 3 is 2.18 bits per heavy atom. The average Bonchev–Trinajstić information content (AvgIpc) is 2.45. The SMILES string of the molecule is Cc1ccc(C)c(NC(=O)c2nc(C)c(C)nc2C(N)=O)c1. The molecule has 3 N–H and O–H groups in total. The first kappa shape index (κ1) is 15.6. The van der Waals surface area contributed by atoms with Gasteiger partial charge >= 0.3 is 0 Å². The second kappa shape index (κ2) is 5.93. The van der Waals surface area contributed by atoms with E-state index in [9.17, 15) is 9.59 Å². The van der Waals surface area contributed by atoms with Crippen molar-refractivity contribution in [3.8, 4) is 0 Å². The molecule has 0 atom stereocenters. The second-order valence-electron chi connectivity index (χ2n) is 5.23. The molecule has 6 nitrogen and oxygen atoms in total. The Bertz CT molecular complexity index is 769. The van der Waals surface area contributed by atoms with E-state index in [0.717, 1.165) is 11.1 Å². The van der Waals surface area contributed by atoms with Gasteiger partial charge in [0.2, 0.25) is 0 Å². The molecule has 2 rings (SSSR count). The molecule has 1 heterocycles. The van der Waals surface area contributed by atoms with E-state index in [4.69, 9.17) is 5.73 Å². The lowest BCUT2D eigenvalue weighted by atomic mass is 10.1. The summed E-state index contributed by atoms with van der Waals surface area (Å²) in [6, 6.07) is 5.72. The van der Waals surface area contributed by atoms with Crippen LogP contribution in [0.2, 0.25) is 0 Å². The topological polar surface area (TPSA) is 98.0 Å². The maximum atomic E-state index is 12.4. The maximum absolute atomic E-state index is 12.4. The fourth-order valence-electron chi connectivity index (χ4n) is 1.99. The van der Waals surface area contributed by atoms with Crippen molar-refractivity contribution in [2.75, 3.05) is 5.32 Å². The van der Waals surface area contributed by atoms with Gasteiger partial charge in [0.05, 0.1) is 11.4 Å². The molecule has 0 spiro atoms. The Balaban J connectivity index is 2.43. The largest absolute Gasteiger partial charge is 0.364 e. The molecule has 6 heteroatoms. The average molecular weight is 298 g/mol. The van der Waals surface area contributed by atoms with E-state index in [-0.39, 0.29) is 11.4 Å². The third-order valence-electron chi connectivity index (χ3n) is 3.40. The van der Waals surface area contributed by atoms with Crippen molar-refractivity contribution in [1.29, 1.82) is 0 Å². The summed E-state index contributed by atoms with van der Waals surface area (Å²) >= 11 is 0. The zero-order valence-corrected chi connectivity index (χ0v) is 13.0. The Morgan fingerprint density at radius 2 is 1.59 bits per heavy atom. The highest BCUT2D eigenvalue weighted by Crippen LogP contribution is 2.18. The van der Waals surface area contributed by atoms with Crippen molar-refractivity contribution in [1.82, 2.24) is 9.97 Å². The van der Waals surface area contributed by atoms with E-state index in [1.807, 2.05) is 32.0 Å². The van der Waals surface area contributed by atoms with Crippen molar-refractivity contribution >= 4 is 17.5 Å². The van der Waals surface area contributed by atoms with E-state index in [0.29, 0.717) is 17.1 Å². The van der Waals surface area contributed by atoms with Crippen LogP contribution in [-0.2, 0) is 0 Å². The third kappa shape index (κ3) is 3.11. The Labute approximate surface area is 128 Å². The molecule has 0 saturated carbocycles. The zero-order chi connectivity index (χ0) is 16.4. The summed E-state index contributed by atoms with van der Waals surface area (Å²) in [7, 11) is 0. The molecule has 0 saturated heterocycles. The minimum absolute atomic E-state index is 0.0588. The van der Waals surface area contributed by atoms with E-state index in [2.05, 4.69) is 15.3 Å². The quantitative estimate of drug-likeness (QED) is 0.906. The minimum atomic E-state index is -0.776. The van der Waals surface area contributed by atoms with Gasteiger partial charge in [-0.25, -0.2) is 9.97 Å². The van der Waals surface area contributed by atoms with Gasteiger partial charge in [-0.1, -0.05) is 12.1 Å². The monoisotopic (exact) mass is 298 g/mol. The number of aryl methyl sites for hydroxylation is 4. The van der Waals surface area contributed by atoms with Gasteiger partial charge in [-0.15, -0.1) is 0 Å². The van der Waals surface area contributed by atoms with Gasteiger partial charge in [-0.05, 0) is 44.9 Å². The molecule has 0 radical (unpaired) electrons. The fraction of sp³-hybridized carbons (Fsp3) is 0.250. The highest BCUT2D eigenvalue weighted by atomic mass is 16.2. The molecule has 22 heavy (non-hydrogen) atoms. The first-order valence-corrected chi connectivity index (χ1v) is 6.83. The first-order chi connectivity index (χ1) is 10.3. The van der Waals surface area contributed by atoms with Crippen molar-refractivity contribution in [3.63, 3.8) is 0 Å². The number of primary amides is 1. The van der Waals surface area contributed by atoms with Gasteiger partial charge in [0.15, 0.2) is 11.4 Å². The number of amides is 2. The molecule has 0 aliphatic heterocycles. The molecule has 1 aromatic carbocycles. The lowest BCUT2D eigenvalue weighted by Crippen LogP contribution is -2.25. The molecular formula is C16H18N4O2. The summed E-state index contributed by atoms with van der Waals surface area (Å²) in [5.74, 6) is -1.28. The molecular weight excluding hydrogens is 280 g/mol. The van der Waals surface area contributed by atoms with Gasteiger partial charge in [0, 0.05) is 5.69 Å². The van der Waals surface area contributed by atoms with Crippen LogP contribution in [0.1, 0.15) is 43.5 Å². The smallest absolute Gasteiger partial charge is 0.276 e. The Kier molecular flexibility index (Phi) is 4.21. The third-order valence-corrected chi connectivity index (χ3v) is 3.40. The highest BCUT2D eigenvalue weighted by Gasteiger charge is 2.21. The molecule has 114 valence electrons. The number of carbonyl (C=O) groups excluding carboxylic acids is 2. The highest BCUT2D eigenvalue weighted by molar-refractivity contribution is 6.09. The van der Waals surface area contributed by atoms with Gasteiger partial charge < -0.3 is 11.1 Å². The number of benzene rings is 1. The van der Waals surface area contributed by atoms with Crippen molar-refractivity contribution < 1.29 is 9.59 Å². The van der Waals surface area contributed by atoms with Gasteiger partial charge in [-0.2, -0.15) is 0 Å². The van der Waals surface area contributed by atoms with Crippen LogP contribution in [0.4, 0.5) is 5.69 Å². The summed E-state index contributed by atoms with van der Waals surface area (Å²) in [6.45, 7) is 7.25. The number of aromatic nitrogens is 2. The summed E-state index contributed by atoms with van der Waals surface area (Å²) in [6.07, 6.45) is 0. The number of nitrogens with one attached hydrogen (secondary N) is 1. The van der Waals surface area contributed by atoms with Crippen LogP contribution in [0.25, 0.3) is 0 Å². The summed E-state index contributed by atoms with van der Waals surface area (Å²) in [4.78, 5) is 32.2. The van der Waals surface area contributed by atoms with E-state index < -0.39 is 11.8 Å². The second-order valence-corrected chi connectivity index (χ2v) is 5.23. The van der Waals surface area contributed by atoms with Crippen LogP contribution in [-0.4, -0.2) is 21.8 Å². The number of nitrogens with two attached hydrogens (primary N) is 1. The number of carbonyl (C=O) groups is 2. The van der Waals surface area contributed by atoms with Gasteiger partial charge in [0.25, 0.3) is 11.8 Å². The van der Waals surface area contributed by atoms with E-state index in [1.165, 1.54) is 0 Å². The van der Waals surface area contributed by atoms with Crippen LogP contribution in [0, 0.1) is 27.7 Å². The lowest BCUT2D eigenvalue weighted by Gasteiger charge is -2.11.